The first kappa shape index (κ1) is 11.2. The lowest BCUT2D eigenvalue weighted by molar-refractivity contribution is -0.117. The smallest absolute Gasteiger partial charge is 0.231 e. The number of fused-ring (bicyclic) bond motifs is 1. The fraction of sp³-hybridized carbons (Fsp3) is 0.231. The lowest BCUT2D eigenvalue weighted by atomic mass is 10.1. The molecule has 2 heterocycles. The molecule has 0 bridgehead atoms. The number of anilines is 2. The zero-order valence-electron chi connectivity index (χ0n) is 10.2. The van der Waals surface area contributed by atoms with Crippen LogP contribution in [0, 0.1) is 0 Å². The minimum absolute atomic E-state index is 0.150. The summed E-state index contributed by atoms with van der Waals surface area (Å²) in [7, 11) is 3.67. The first-order valence-corrected chi connectivity index (χ1v) is 6.60. The van der Waals surface area contributed by atoms with E-state index < -0.39 is 0 Å². The van der Waals surface area contributed by atoms with Gasteiger partial charge in [-0.25, -0.2) is 4.98 Å². The average Bonchev–Trinajstić information content (AvgIpc) is 2.95. The molecule has 2 aromatic rings. The lowest BCUT2D eigenvalue weighted by Gasteiger charge is -2.09. The van der Waals surface area contributed by atoms with Gasteiger partial charge in [-0.3, -0.25) is 4.79 Å². The zero-order valence-corrected chi connectivity index (χ0v) is 11.0. The van der Waals surface area contributed by atoms with Crippen molar-refractivity contribution in [2.45, 2.75) is 6.42 Å². The van der Waals surface area contributed by atoms with Gasteiger partial charge in [-0.2, -0.15) is 0 Å². The number of nitrogens with zero attached hydrogens (tertiary/aromatic N) is 2. The van der Waals surface area contributed by atoms with E-state index in [-0.39, 0.29) is 5.91 Å². The molecule has 1 N–H and O–H groups in total. The Hall–Kier alpha value is -1.88. The molecule has 1 amide bonds. The molecule has 1 aliphatic heterocycles. The predicted octanol–water partition coefficient (Wildman–Crippen LogP) is 2.37. The van der Waals surface area contributed by atoms with Crippen LogP contribution in [-0.4, -0.2) is 25.0 Å². The van der Waals surface area contributed by atoms with Gasteiger partial charge in [0.25, 0.3) is 0 Å². The third-order valence-corrected chi connectivity index (χ3v) is 4.06. The summed E-state index contributed by atoms with van der Waals surface area (Å²) in [6.45, 7) is 0. The van der Waals surface area contributed by atoms with Crippen LogP contribution in [0.4, 0.5) is 11.5 Å². The third kappa shape index (κ3) is 1.67. The quantitative estimate of drug-likeness (QED) is 0.900. The van der Waals surface area contributed by atoms with Gasteiger partial charge in [0.1, 0.15) is 10.8 Å². The molecule has 0 radical (unpaired) electrons. The van der Waals surface area contributed by atoms with Gasteiger partial charge < -0.3 is 10.2 Å². The van der Waals surface area contributed by atoms with Gasteiger partial charge in [0.05, 0.1) is 6.42 Å². The topological polar surface area (TPSA) is 45.2 Å². The van der Waals surface area contributed by atoms with Crippen LogP contribution in [0.5, 0.6) is 0 Å². The standard InChI is InChI=1S/C13H13N3OS/c1-14-11-7-18-13(15-11)8-3-4-10-9(5-8)6-12(17)16(10)2/h3-5,7,14H,6H2,1-2H3. The van der Waals surface area contributed by atoms with Crippen LogP contribution < -0.4 is 10.2 Å². The van der Waals surface area contributed by atoms with E-state index in [2.05, 4.69) is 16.4 Å². The van der Waals surface area contributed by atoms with Gasteiger partial charge in [-0.05, 0) is 23.8 Å². The molecule has 0 fully saturated rings. The van der Waals surface area contributed by atoms with Crippen molar-refractivity contribution >= 4 is 28.7 Å². The van der Waals surface area contributed by atoms with Gasteiger partial charge in [0.15, 0.2) is 0 Å². The Morgan fingerprint density at radius 3 is 3.00 bits per heavy atom. The van der Waals surface area contributed by atoms with Crippen molar-refractivity contribution in [1.82, 2.24) is 4.98 Å². The third-order valence-electron chi connectivity index (χ3n) is 3.16. The maximum Gasteiger partial charge on any atom is 0.231 e. The van der Waals surface area contributed by atoms with Crippen molar-refractivity contribution in [3.05, 3.63) is 29.1 Å². The van der Waals surface area contributed by atoms with E-state index in [1.807, 2.05) is 31.6 Å². The van der Waals surface area contributed by atoms with Crippen molar-refractivity contribution in [1.29, 1.82) is 0 Å². The molecule has 3 rings (SSSR count). The van der Waals surface area contributed by atoms with Crippen LogP contribution in [0.1, 0.15) is 5.56 Å². The number of likely N-dealkylation sites (N-methyl/N-ethyl adjacent to an activating group) is 1. The van der Waals surface area contributed by atoms with E-state index in [0.29, 0.717) is 6.42 Å². The predicted molar refractivity (Wildman–Crippen MR) is 74.2 cm³/mol. The molecule has 5 heteroatoms. The SMILES string of the molecule is CNc1csc(-c2ccc3c(c2)CC(=O)N3C)n1. The highest BCUT2D eigenvalue weighted by molar-refractivity contribution is 7.13. The van der Waals surface area contributed by atoms with Gasteiger partial charge in [0, 0.05) is 30.7 Å². The molecule has 0 unspecified atom stereocenters. The number of hydrogen-bond acceptors (Lipinski definition) is 4. The highest BCUT2D eigenvalue weighted by atomic mass is 32.1. The van der Waals surface area contributed by atoms with Crippen molar-refractivity contribution in [2.75, 3.05) is 24.3 Å². The molecule has 18 heavy (non-hydrogen) atoms. The highest BCUT2D eigenvalue weighted by Gasteiger charge is 2.24. The van der Waals surface area contributed by atoms with Crippen molar-refractivity contribution in [2.24, 2.45) is 0 Å². The molecule has 0 spiro atoms. The van der Waals surface area contributed by atoms with Gasteiger partial charge >= 0.3 is 0 Å². The summed E-state index contributed by atoms with van der Waals surface area (Å²) in [5.74, 6) is 1.03. The van der Waals surface area contributed by atoms with Gasteiger partial charge in [-0.15, -0.1) is 11.3 Å². The number of aromatic nitrogens is 1. The maximum atomic E-state index is 11.6. The van der Waals surface area contributed by atoms with Crippen molar-refractivity contribution in [3.8, 4) is 10.6 Å². The second-order valence-electron chi connectivity index (χ2n) is 4.26. The summed E-state index contributed by atoms with van der Waals surface area (Å²) in [6.07, 6.45) is 0.490. The van der Waals surface area contributed by atoms with Crippen molar-refractivity contribution < 1.29 is 4.79 Å². The summed E-state index contributed by atoms with van der Waals surface area (Å²) in [5.41, 5.74) is 3.17. The van der Waals surface area contributed by atoms with Crippen LogP contribution in [-0.2, 0) is 11.2 Å². The first-order valence-electron chi connectivity index (χ1n) is 5.72. The normalized spacial score (nSPS) is 13.9. The molecule has 1 aromatic carbocycles. The number of nitrogens with one attached hydrogen (secondary N) is 1. The molecular weight excluding hydrogens is 246 g/mol. The van der Waals surface area contributed by atoms with E-state index in [1.54, 1.807) is 16.2 Å². The molecule has 0 saturated carbocycles. The molecule has 1 aliphatic rings. The van der Waals surface area contributed by atoms with Gasteiger partial charge in [-0.1, -0.05) is 0 Å². The molecular formula is C13H13N3OS. The first-order chi connectivity index (χ1) is 8.69. The fourth-order valence-electron chi connectivity index (χ4n) is 2.12. The molecule has 0 aliphatic carbocycles. The van der Waals surface area contributed by atoms with E-state index >= 15 is 0 Å². The minimum atomic E-state index is 0.150. The Labute approximate surface area is 109 Å². The maximum absolute atomic E-state index is 11.6. The monoisotopic (exact) mass is 259 g/mol. The van der Waals surface area contributed by atoms with E-state index in [9.17, 15) is 4.79 Å². The Morgan fingerprint density at radius 1 is 1.44 bits per heavy atom. The van der Waals surface area contributed by atoms with Gasteiger partial charge in [0.2, 0.25) is 5.91 Å². The molecule has 0 atom stereocenters. The molecule has 1 aromatic heterocycles. The lowest BCUT2D eigenvalue weighted by Crippen LogP contribution is -2.20. The van der Waals surface area contributed by atoms with Crippen LogP contribution >= 0.6 is 11.3 Å². The number of carbonyl (C=O) groups is 1. The number of carbonyl (C=O) groups excluding carboxylic acids is 1. The second kappa shape index (κ2) is 4.10. The van der Waals surface area contributed by atoms with E-state index in [4.69, 9.17) is 0 Å². The van der Waals surface area contributed by atoms with E-state index in [1.165, 1.54) is 0 Å². The molecule has 4 nitrogen and oxygen atoms in total. The largest absolute Gasteiger partial charge is 0.372 e. The Bertz CT molecular complexity index is 620. The van der Waals surface area contributed by atoms with Crippen LogP contribution in [0.3, 0.4) is 0 Å². The minimum Gasteiger partial charge on any atom is -0.372 e. The molecule has 92 valence electrons. The Kier molecular flexibility index (Phi) is 2.56. The highest BCUT2D eigenvalue weighted by Crippen LogP contribution is 2.33. The molecule has 0 saturated heterocycles. The summed E-state index contributed by atoms with van der Waals surface area (Å²) < 4.78 is 0. The van der Waals surface area contributed by atoms with Crippen molar-refractivity contribution in [3.63, 3.8) is 0 Å². The van der Waals surface area contributed by atoms with E-state index in [0.717, 1.165) is 27.6 Å². The summed E-state index contributed by atoms with van der Waals surface area (Å²) in [5, 5.41) is 5.98. The Balaban J connectivity index is 2.01. The number of benzene rings is 1. The summed E-state index contributed by atoms with van der Waals surface area (Å²) in [6, 6.07) is 6.08. The number of hydrogen-bond donors (Lipinski definition) is 1. The van der Waals surface area contributed by atoms with Crippen LogP contribution in [0.15, 0.2) is 23.6 Å². The zero-order chi connectivity index (χ0) is 12.7. The summed E-state index contributed by atoms with van der Waals surface area (Å²) in [4.78, 5) is 17.8. The Morgan fingerprint density at radius 2 is 2.28 bits per heavy atom. The number of thiazole rings is 1. The number of rotatable bonds is 2. The van der Waals surface area contributed by atoms with Crippen LogP contribution in [0.25, 0.3) is 10.6 Å². The summed E-state index contributed by atoms with van der Waals surface area (Å²) >= 11 is 1.60. The second-order valence-corrected chi connectivity index (χ2v) is 5.12. The van der Waals surface area contributed by atoms with Crippen LogP contribution in [0.2, 0.25) is 0 Å². The average molecular weight is 259 g/mol. The fourth-order valence-corrected chi connectivity index (χ4v) is 2.93. The number of amides is 1.